The number of imidazole rings is 1. The van der Waals surface area contributed by atoms with Crippen LogP contribution in [0, 0.1) is 0 Å². The summed E-state index contributed by atoms with van der Waals surface area (Å²) >= 11 is 0. The molecule has 2 nitrogen and oxygen atoms in total. The molecule has 0 aliphatic carbocycles. The van der Waals surface area contributed by atoms with Crippen molar-refractivity contribution < 1.29 is 0 Å². The van der Waals surface area contributed by atoms with Crippen LogP contribution in [0.4, 0.5) is 0 Å². The van der Waals surface area contributed by atoms with Gasteiger partial charge in [0.15, 0.2) is 0 Å². The summed E-state index contributed by atoms with van der Waals surface area (Å²) in [5.41, 5.74) is 3.86. The van der Waals surface area contributed by atoms with Crippen LogP contribution in [-0.4, -0.2) is 9.55 Å². The average Bonchev–Trinajstić information content (AvgIpc) is 2.86. The lowest BCUT2D eigenvalue weighted by Gasteiger charge is -2.17. The van der Waals surface area contributed by atoms with Crippen LogP contribution in [-0.2, 0) is 0 Å². The molecule has 2 heteroatoms. The highest BCUT2D eigenvalue weighted by Crippen LogP contribution is 2.27. The maximum atomic E-state index is 4.56. The Hall–Kier alpha value is -1.31. The van der Waals surface area contributed by atoms with Gasteiger partial charge in [0, 0.05) is 6.04 Å². The van der Waals surface area contributed by atoms with Crippen LogP contribution in [0.25, 0.3) is 11.0 Å². The lowest BCUT2D eigenvalue weighted by atomic mass is 9.98. The standard InChI is InChI=1S/C17H26N2/c1-5-8-15(7-3)19-12-18-16-10-9-14(11-17(16)19)13(4)6-2/h9-13,15H,5-8H2,1-4H3. The van der Waals surface area contributed by atoms with Gasteiger partial charge in [0.25, 0.3) is 0 Å². The van der Waals surface area contributed by atoms with Crippen LogP contribution < -0.4 is 0 Å². The molecule has 104 valence electrons. The molecule has 19 heavy (non-hydrogen) atoms. The summed E-state index contributed by atoms with van der Waals surface area (Å²) in [6.45, 7) is 9.07. The zero-order chi connectivity index (χ0) is 13.8. The lowest BCUT2D eigenvalue weighted by molar-refractivity contribution is 0.457. The van der Waals surface area contributed by atoms with Crippen LogP contribution in [0.3, 0.4) is 0 Å². The highest BCUT2D eigenvalue weighted by atomic mass is 15.1. The molecule has 2 atom stereocenters. The third-order valence-corrected chi connectivity index (χ3v) is 4.27. The van der Waals surface area contributed by atoms with E-state index in [-0.39, 0.29) is 0 Å². The zero-order valence-electron chi connectivity index (χ0n) is 12.7. The number of aromatic nitrogens is 2. The molecule has 0 N–H and O–H groups in total. The fourth-order valence-corrected chi connectivity index (χ4v) is 2.75. The van der Waals surface area contributed by atoms with Crippen molar-refractivity contribution in [3.63, 3.8) is 0 Å². The Labute approximate surface area is 116 Å². The fraction of sp³-hybridized carbons (Fsp3) is 0.588. The van der Waals surface area contributed by atoms with Crippen molar-refractivity contribution in [3.05, 3.63) is 30.1 Å². The van der Waals surface area contributed by atoms with Gasteiger partial charge in [-0.05, 0) is 42.9 Å². The Morgan fingerprint density at radius 1 is 1.16 bits per heavy atom. The zero-order valence-corrected chi connectivity index (χ0v) is 12.7. The highest BCUT2D eigenvalue weighted by molar-refractivity contribution is 5.76. The van der Waals surface area contributed by atoms with Crippen molar-refractivity contribution >= 4 is 11.0 Å². The van der Waals surface area contributed by atoms with E-state index in [9.17, 15) is 0 Å². The molecule has 0 aliphatic heterocycles. The third kappa shape index (κ3) is 2.83. The van der Waals surface area contributed by atoms with Gasteiger partial charge in [-0.25, -0.2) is 4.98 Å². The fourth-order valence-electron chi connectivity index (χ4n) is 2.75. The Bertz CT molecular complexity index is 527. The molecule has 1 aromatic heterocycles. The van der Waals surface area contributed by atoms with E-state index < -0.39 is 0 Å². The van der Waals surface area contributed by atoms with Gasteiger partial charge in [-0.15, -0.1) is 0 Å². The van der Waals surface area contributed by atoms with Crippen molar-refractivity contribution in [2.45, 2.75) is 65.3 Å². The second kappa shape index (κ2) is 6.23. The Balaban J connectivity index is 2.44. The number of fused-ring (bicyclic) bond motifs is 1. The first-order chi connectivity index (χ1) is 9.21. The van der Waals surface area contributed by atoms with Crippen molar-refractivity contribution in [1.82, 2.24) is 9.55 Å². The smallest absolute Gasteiger partial charge is 0.0960 e. The second-order valence-corrected chi connectivity index (χ2v) is 5.56. The van der Waals surface area contributed by atoms with Crippen molar-refractivity contribution in [3.8, 4) is 0 Å². The first-order valence-electron chi connectivity index (χ1n) is 7.67. The van der Waals surface area contributed by atoms with Crippen LogP contribution in [0.15, 0.2) is 24.5 Å². The summed E-state index contributed by atoms with van der Waals surface area (Å²) in [4.78, 5) is 4.56. The molecule has 2 rings (SSSR count). The van der Waals surface area contributed by atoms with Gasteiger partial charge in [0.1, 0.15) is 0 Å². The molecule has 0 aliphatic rings. The van der Waals surface area contributed by atoms with Crippen molar-refractivity contribution in [2.24, 2.45) is 0 Å². The summed E-state index contributed by atoms with van der Waals surface area (Å²) in [5.74, 6) is 0.624. The van der Waals surface area contributed by atoms with Gasteiger partial charge >= 0.3 is 0 Å². The minimum atomic E-state index is 0.585. The monoisotopic (exact) mass is 258 g/mol. The van der Waals surface area contributed by atoms with Gasteiger partial charge in [-0.2, -0.15) is 0 Å². The quantitative estimate of drug-likeness (QED) is 0.687. The summed E-state index contributed by atoms with van der Waals surface area (Å²) < 4.78 is 2.38. The number of benzene rings is 1. The van der Waals surface area contributed by atoms with Gasteiger partial charge in [-0.3, -0.25) is 0 Å². The molecule has 0 saturated carbocycles. The van der Waals surface area contributed by atoms with Crippen molar-refractivity contribution in [1.29, 1.82) is 0 Å². The molecule has 0 radical (unpaired) electrons. The summed E-state index contributed by atoms with van der Waals surface area (Å²) in [7, 11) is 0. The molecule has 0 saturated heterocycles. The minimum Gasteiger partial charge on any atom is -0.327 e. The molecule has 0 fully saturated rings. The highest BCUT2D eigenvalue weighted by Gasteiger charge is 2.13. The molecule has 1 aromatic carbocycles. The van der Waals surface area contributed by atoms with E-state index in [4.69, 9.17) is 0 Å². The summed E-state index contributed by atoms with van der Waals surface area (Å²) in [5, 5.41) is 0. The van der Waals surface area contributed by atoms with Crippen molar-refractivity contribution in [2.75, 3.05) is 0 Å². The van der Waals surface area contributed by atoms with E-state index in [1.54, 1.807) is 0 Å². The van der Waals surface area contributed by atoms with Crippen LogP contribution in [0.1, 0.15) is 70.9 Å². The maximum Gasteiger partial charge on any atom is 0.0960 e. The van der Waals surface area contributed by atoms with E-state index in [1.807, 2.05) is 6.33 Å². The van der Waals surface area contributed by atoms with Gasteiger partial charge in [0.2, 0.25) is 0 Å². The van der Waals surface area contributed by atoms with E-state index in [2.05, 4.69) is 55.4 Å². The van der Waals surface area contributed by atoms with Gasteiger partial charge < -0.3 is 4.57 Å². The van der Waals surface area contributed by atoms with E-state index in [1.165, 1.54) is 36.8 Å². The molecule has 2 unspecified atom stereocenters. The number of nitrogens with zero attached hydrogens (tertiary/aromatic N) is 2. The SMILES string of the molecule is CCCC(CC)n1cnc2ccc(C(C)CC)cc21. The Morgan fingerprint density at radius 3 is 2.58 bits per heavy atom. The molecule has 0 spiro atoms. The first kappa shape index (κ1) is 14.1. The Morgan fingerprint density at radius 2 is 1.95 bits per heavy atom. The van der Waals surface area contributed by atoms with Gasteiger partial charge in [0.05, 0.1) is 17.4 Å². The third-order valence-electron chi connectivity index (χ3n) is 4.27. The summed E-state index contributed by atoms with van der Waals surface area (Å²) in [6, 6.07) is 7.33. The number of rotatable bonds is 6. The molecular formula is C17H26N2. The Kier molecular flexibility index (Phi) is 4.62. The molecule has 2 aromatic rings. The topological polar surface area (TPSA) is 17.8 Å². The van der Waals surface area contributed by atoms with E-state index in [0.717, 1.165) is 5.52 Å². The molecular weight excluding hydrogens is 232 g/mol. The minimum absolute atomic E-state index is 0.585. The van der Waals surface area contributed by atoms with Crippen LogP contribution >= 0.6 is 0 Å². The predicted molar refractivity (Wildman–Crippen MR) is 82.7 cm³/mol. The molecule has 1 heterocycles. The largest absolute Gasteiger partial charge is 0.327 e. The average molecular weight is 258 g/mol. The lowest BCUT2D eigenvalue weighted by Crippen LogP contribution is -2.06. The number of hydrogen-bond acceptors (Lipinski definition) is 1. The van der Waals surface area contributed by atoms with Gasteiger partial charge in [-0.1, -0.05) is 40.2 Å². The maximum absolute atomic E-state index is 4.56. The second-order valence-electron chi connectivity index (χ2n) is 5.56. The normalized spacial score (nSPS) is 14.7. The first-order valence-corrected chi connectivity index (χ1v) is 7.67. The predicted octanol–water partition coefficient (Wildman–Crippen LogP) is 5.30. The van der Waals surface area contributed by atoms with E-state index >= 15 is 0 Å². The van der Waals surface area contributed by atoms with E-state index in [0.29, 0.717) is 12.0 Å². The van der Waals surface area contributed by atoms with Crippen LogP contribution in [0.5, 0.6) is 0 Å². The molecule has 0 bridgehead atoms. The van der Waals surface area contributed by atoms with Crippen LogP contribution in [0.2, 0.25) is 0 Å². The molecule has 0 amide bonds. The number of hydrogen-bond donors (Lipinski definition) is 0. The summed E-state index contributed by atoms with van der Waals surface area (Å²) in [6.07, 6.45) is 6.84.